The van der Waals surface area contributed by atoms with E-state index in [4.69, 9.17) is 0 Å². The molecule has 0 heterocycles. The van der Waals surface area contributed by atoms with Crippen LogP contribution in [0.1, 0.15) is 27.7 Å². The molecule has 0 fully saturated rings. The molecule has 0 saturated heterocycles. The molecule has 0 N–H and O–H groups in total. The van der Waals surface area contributed by atoms with E-state index in [1.54, 1.807) is 9.34 Å². The van der Waals surface area contributed by atoms with Crippen LogP contribution in [0, 0.1) is 11.3 Å². The lowest BCUT2D eigenvalue weighted by atomic mass is 10.7. The maximum Gasteiger partial charge on any atom is 0.237 e. The molecule has 0 aliphatic carbocycles. The van der Waals surface area contributed by atoms with Crippen LogP contribution in [0.15, 0.2) is 0 Å². The van der Waals surface area contributed by atoms with Gasteiger partial charge in [0.2, 0.25) is 16.8 Å². The molecule has 0 spiro atoms. The first-order valence-electron chi connectivity index (χ1n) is 5.53. The third-order valence-corrected chi connectivity index (χ3v) is 5.08. The zero-order valence-electron chi connectivity index (χ0n) is 10.4. The zero-order chi connectivity index (χ0) is 12.6. The molecule has 0 aromatic rings. The largest absolute Gasteiger partial charge is 0.246 e. The minimum atomic E-state index is -1.99. The number of rotatable bonds is 6. The minimum Gasteiger partial charge on any atom is -0.246 e. The van der Waals surface area contributed by atoms with Gasteiger partial charge < -0.3 is 0 Å². The van der Waals surface area contributed by atoms with Crippen molar-refractivity contribution in [2.45, 2.75) is 27.7 Å². The van der Waals surface area contributed by atoms with E-state index in [1.807, 2.05) is 27.7 Å². The molecule has 0 rings (SSSR count). The maximum absolute atomic E-state index is 13.5. The Morgan fingerprint density at radius 1 is 0.750 bits per heavy atom. The Bertz CT molecular complexity index is 213. The molecule has 0 aliphatic rings. The first kappa shape index (κ1) is 16.2. The normalized spacial score (nSPS) is 14.8. The van der Waals surface area contributed by atoms with Crippen molar-refractivity contribution in [1.82, 2.24) is 9.34 Å². The van der Waals surface area contributed by atoms with Crippen molar-refractivity contribution in [3.8, 4) is 11.3 Å². The van der Waals surface area contributed by atoms with Crippen molar-refractivity contribution in [3.05, 3.63) is 0 Å². The fourth-order valence-corrected chi connectivity index (χ4v) is 3.10. The molecule has 16 heavy (non-hydrogen) atoms. The number of halogens is 2. The van der Waals surface area contributed by atoms with Gasteiger partial charge in [-0.25, -0.2) is 9.34 Å². The predicted octanol–water partition coefficient (Wildman–Crippen LogP) is 4.15. The standard InChI is InChI=1S/C10H20F2N2P2/c1-5-13(6-2)15(11)9-10-16(12)14(7-3)8-4/h5-8H2,1-4H3. The van der Waals surface area contributed by atoms with Crippen LogP contribution in [0.25, 0.3) is 0 Å². The average molecular weight is 268 g/mol. The van der Waals surface area contributed by atoms with Crippen LogP contribution in [0.3, 0.4) is 0 Å². The summed E-state index contributed by atoms with van der Waals surface area (Å²) in [6.07, 6.45) is 0. The van der Waals surface area contributed by atoms with Gasteiger partial charge in [-0.05, 0) is 11.3 Å². The van der Waals surface area contributed by atoms with Crippen LogP contribution in [0.2, 0.25) is 0 Å². The van der Waals surface area contributed by atoms with E-state index in [9.17, 15) is 8.39 Å². The van der Waals surface area contributed by atoms with Gasteiger partial charge in [-0.1, -0.05) is 27.7 Å². The van der Waals surface area contributed by atoms with Gasteiger partial charge in [-0.3, -0.25) is 0 Å². The van der Waals surface area contributed by atoms with Gasteiger partial charge in [-0.15, -0.1) is 0 Å². The van der Waals surface area contributed by atoms with E-state index in [2.05, 4.69) is 11.3 Å². The summed E-state index contributed by atoms with van der Waals surface area (Å²) in [5, 5.41) is 0. The van der Waals surface area contributed by atoms with Crippen LogP contribution < -0.4 is 0 Å². The molecule has 0 saturated carbocycles. The minimum absolute atomic E-state index is 0.614. The smallest absolute Gasteiger partial charge is 0.237 e. The third-order valence-electron chi connectivity index (χ3n) is 2.19. The lowest BCUT2D eigenvalue weighted by Gasteiger charge is -2.18. The Kier molecular flexibility index (Phi) is 9.37. The molecule has 94 valence electrons. The second-order valence-electron chi connectivity index (χ2n) is 3.02. The molecule has 0 aliphatic heterocycles. The van der Waals surface area contributed by atoms with Gasteiger partial charge in [0.05, 0.1) is 0 Å². The number of hydrogen-bond donors (Lipinski definition) is 0. The van der Waals surface area contributed by atoms with Gasteiger partial charge >= 0.3 is 0 Å². The molecule has 2 atom stereocenters. The zero-order valence-corrected chi connectivity index (χ0v) is 12.2. The molecule has 2 nitrogen and oxygen atoms in total. The second-order valence-corrected chi connectivity index (χ2v) is 5.64. The Morgan fingerprint density at radius 2 is 1.00 bits per heavy atom. The molecule has 0 bridgehead atoms. The quantitative estimate of drug-likeness (QED) is 0.527. The van der Waals surface area contributed by atoms with Gasteiger partial charge in [0, 0.05) is 26.2 Å². The molecule has 0 radical (unpaired) electrons. The Hall–Kier alpha value is 0.200. The molecule has 2 unspecified atom stereocenters. The molecule has 0 aromatic heterocycles. The van der Waals surface area contributed by atoms with E-state index < -0.39 is 16.8 Å². The molecule has 0 amide bonds. The van der Waals surface area contributed by atoms with E-state index in [1.165, 1.54) is 0 Å². The van der Waals surface area contributed by atoms with Crippen LogP contribution in [0.4, 0.5) is 8.39 Å². The van der Waals surface area contributed by atoms with Crippen molar-refractivity contribution in [2.24, 2.45) is 0 Å². The van der Waals surface area contributed by atoms with Crippen LogP contribution in [0.5, 0.6) is 0 Å². The molecule has 0 aromatic carbocycles. The van der Waals surface area contributed by atoms with Crippen LogP contribution in [-0.4, -0.2) is 35.5 Å². The highest BCUT2D eigenvalue weighted by Crippen LogP contribution is 2.44. The van der Waals surface area contributed by atoms with E-state index in [0.29, 0.717) is 26.2 Å². The van der Waals surface area contributed by atoms with E-state index in [0.717, 1.165) is 0 Å². The van der Waals surface area contributed by atoms with Gasteiger partial charge in [0.1, 0.15) is 0 Å². The average Bonchev–Trinajstić information content (AvgIpc) is 2.29. The first-order chi connectivity index (χ1) is 7.60. The summed E-state index contributed by atoms with van der Waals surface area (Å²) >= 11 is 0. The summed E-state index contributed by atoms with van der Waals surface area (Å²) in [5.74, 6) is 0. The van der Waals surface area contributed by atoms with E-state index in [-0.39, 0.29) is 0 Å². The molecular weight excluding hydrogens is 248 g/mol. The van der Waals surface area contributed by atoms with Crippen molar-refractivity contribution >= 4 is 16.8 Å². The van der Waals surface area contributed by atoms with Gasteiger partial charge in [-0.2, -0.15) is 8.39 Å². The lowest BCUT2D eigenvalue weighted by Crippen LogP contribution is -2.15. The van der Waals surface area contributed by atoms with Crippen LogP contribution >= 0.6 is 16.8 Å². The summed E-state index contributed by atoms with van der Waals surface area (Å²) in [4.78, 5) is 0. The predicted molar refractivity (Wildman–Crippen MR) is 69.7 cm³/mol. The van der Waals surface area contributed by atoms with Crippen molar-refractivity contribution in [1.29, 1.82) is 0 Å². The highest BCUT2D eigenvalue weighted by Gasteiger charge is 2.15. The highest BCUT2D eigenvalue weighted by atomic mass is 31.2. The second kappa shape index (κ2) is 9.25. The number of hydrogen-bond acceptors (Lipinski definition) is 2. The molecule has 6 heteroatoms. The summed E-state index contributed by atoms with van der Waals surface area (Å²) in [5.41, 5.74) is 4.84. The fourth-order valence-electron chi connectivity index (χ4n) is 1.17. The molecular formula is C10H20F2N2P2. The van der Waals surface area contributed by atoms with Crippen LogP contribution in [-0.2, 0) is 0 Å². The fraction of sp³-hybridized carbons (Fsp3) is 0.800. The van der Waals surface area contributed by atoms with Crippen molar-refractivity contribution in [3.63, 3.8) is 0 Å². The Balaban J connectivity index is 4.35. The topological polar surface area (TPSA) is 6.48 Å². The Labute approximate surface area is 100 Å². The number of nitrogens with zero attached hydrogens (tertiary/aromatic N) is 2. The summed E-state index contributed by atoms with van der Waals surface area (Å²) in [6.45, 7) is 9.97. The lowest BCUT2D eigenvalue weighted by molar-refractivity contribution is 0.487. The SMILES string of the molecule is CCN(CC)P(F)C#CP(F)N(CC)CC. The monoisotopic (exact) mass is 268 g/mol. The van der Waals surface area contributed by atoms with Crippen molar-refractivity contribution < 1.29 is 8.39 Å². The Morgan fingerprint density at radius 3 is 1.19 bits per heavy atom. The maximum atomic E-state index is 13.5. The summed E-state index contributed by atoms with van der Waals surface area (Å²) in [7, 11) is -3.98. The summed E-state index contributed by atoms with van der Waals surface area (Å²) < 4.78 is 30.3. The van der Waals surface area contributed by atoms with Gasteiger partial charge in [0.25, 0.3) is 0 Å². The third kappa shape index (κ3) is 5.51. The van der Waals surface area contributed by atoms with Gasteiger partial charge in [0.15, 0.2) is 0 Å². The first-order valence-corrected chi connectivity index (χ1v) is 7.90. The van der Waals surface area contributed by atoms with E-state index >= 15 is 0 Å². The van der Waals surface area contributed by atoms with Crippen molar-refractivity contribution in [2.75, 3.05) is 26.2 Å². The summed E-state index contributed by atoms with van der Waals surface area (Å²) in [6, 6.07) is 0. The highest BCUT2D eigenvalue weighted by molar-refractivity contribution is 7.59.